The Balaban J connectivity index is 1.48. The summed E-state index contributed by atoms with van der Waals surface area (Å²) in [5, 5.41) is 5.73. The van der Waals surface area contributed by atoms with Gasteiger partial charge in [-0.1, -0.05) is 36.4 Å². The average Bonchev–Trinajstić information content (AvgIpc) is 2.73. The first-order valence-electron chi connectivity index (χ1n) is 8.81. The Morgan fingerprint density at radius 1 is 0.741 bits per heavy atom. The van der Waals surface area contributed by atoms with E-state index in [1.165, 1.54) is 5.56 Å². The van der Waals surface area contributed by atoms with E-state index in [-0.39, 0.29) is 11.8 Å². The van der Waals surface area contributed by atoms with E-state index in [2.05, 4.69) is 15.6 Å². The topological polar surface area (TPSA) is 71.1 Å². The summed E-state index contributed by atoms with van der Waals surface area (Å²) in [4.78, 5) is 28.4. The number of carbonyl (C=O) groups excluding carboxylic acids is 2. The van der Waals surface area contributed by atoms with Crippen molar-refractivity contribution >= 4 is 11.8 Å². The van der Waals surface area contributed by atoms with Crippen LogP contribution in [0.2, 0.25) is 0 Å². The highest BCUT2D eigenvalue weighted by atomic mass is 16.2. The fraction of sp³-hybridized carbons (Fsp3) is 0.136. The van der Waals surface area contributed by atoms with Gasteiger partial charge in [0.05, 0.1) is 0 Å². The minimum absolute atomic E-state index is 0.145. The zero-order chi connectivity index (χ0) is 18.9. The third-order valence-electron chi connectivity index (χ3n) is 4.13. The minimum Gasteiger partial charge on any atom is -0.352 e. The smallest absolute Gasteiger partial charge is 0.251 e. The molecule has 0 aliphatic rings. The molecule has 3 rings (SSSR count). The molecule has 0 spiro atoms. The van der Waals surface area contributed by atoms with Gasteiger partial charge in [-0.05, 0) is 47.9 Å². The van der Waals surface area contributed by atoms with Gasteiger partial charge in [-0.25, -0.2) is 0 Å². The van der Waals surface area contributed by atoms with Crippen LogP contribution in [0.5, 0.6) is 0 Å². The van der Waals surface area contributed by atoms with Crippen LogP contribution in [0.4, 0.5) is 0 Å². The quantitative estimate of drug-likeness (QED) is 0.681. The van der Waals surface area contributed by atoms with Crippen LogP contribution in [-0.2, 0) is 13.0 Å². The van der Waals surface area contributed by atoms with Crippen LogP contribution in [0, 0.1) is 0 Å². The fourth-order valence-electron chi connectivity index (χ4n) is 2.63. The number of pyridine rings is 1. The Morgan fingerprint density at radius 2 is 1.37 bits per heavy atom. The van der Waals surface area contributed by atoms with Crippen LogP contribution in [-0.4, -0.2) is 23.3 Å². The third-order valence-corrected chi connectivity index (χ3v) is 4.13. The van der Waals surface area contributed by atoms with Crippen LogP contribution >= 0.6 is 0 Å². The number of nitrogens with one attached hydrogen (secondary N) is 2. The lowest BCUT2D eigenvalue weighted by molar-refractivity contribution is 0.0940. The number of benzene rings is 2. The molecule has 0 saturated heterocycles. The molecule has 5 heteroatoms. The van der Waals surface area contributed by atoms with E-state index in [1.54, 1.807) is 36.7 Å². The van der Waals surface area contributed by atoms with Gasteiger partial charge in [0.2, 0.25) is 0 Å². The fourth-order valence-corrected chi connectivity index (χ4v) is 2.63. The first kappa shape index (κ1) is 18.3. The summed E-state index contributed by atoms with van der Waals surface area (Å²) >= 11 is 0. The van der Waals surface area contributed by atoms with Gasteiger partial charge in [0.25, 0.3) is 11.8 Å². The Kier molecular flexibility index (Phi) is 6.30. The van der Waals surface area contributed by atoms with E-state index in [0.29, 0.717) is 24.2 Å². The van der Waals surface area contributed by atoms with E-state index in [9.17, 15) is 9.59 Å². The summed E-state index contributed by atoms with van der Waals surface area (Å²) in [6, 6.07) is 20.4. The van der Waals surface area contributed by atoms with Gasteiger partial charge < -0.3 is 10.6 Å². The molecule has 5 nitrogen and oxygen atoms in total. The van der Waals surface area contributed by atoms with Crippen molar-refractivity contribution in [2.45, 2.75) is 13.0 Å². The summed E-state index contributed by atoms with van der Waals surface area (Å²) in [5.74, 6) is -0.330. The summed E-state index contributed by atoms with van der Waals surface area (Å²) < 4.78 is 0. The summed E-state index contributed by atoms with van der Waals surface area (Å²) in [5.41, 5.74) is 3.16. The highest BCUT2D eigenvalue weighted by Gasteiger charge is 2.09. The second-order valence-corrected chi connectivity index (χ2v) is 6.11. The van der Waals surface area contributed by atoms with Crippen molar-refractivity contribution in [1.82, 2.24) is 15.6 Å². The van der Waals surface area contributed by atoms with Crippen molar-refractivity contribution < 1.29 is 9.59 Å². The number of rotatable bonds is 7. The van der Waals surface area contributed by atoms with Crippen LogP contribution in [0.15, 0.2) is 79.1 Å². The monoisotopic (exact) mass is 359 g/mol. The maximum Gasteiger partial charge on any atom is 0.251 e. The maximum atomic E-state index is 12.2. The Morgan fingerprint density at radius 3 is 2.00 bits per heavy atom. The van der Waals surface area contributed by atoms with Gasteiger partial charge in [-0.15, -0.1) is 0 Å². The molecule has 0 aliphatic carbocycles. The van der Waals surface area contributed by atoms with Crippen molar-refractivity contribution in [3.8, 4) is 0 Å². The summed E-state index contributed by atoms with van der Waals surface area (Å²) in [7, 11) is 0. The zero-order valence-electron chi connectivity index (χ0n) is 14.9. The van der Waals surface area contributed by atoms with Gasteiger partial charge in [0.1, 0.15) is 0 Å². The molecule has 0 saturated carbocycles. The molecule has 0 radical (unpaired) electrons. The predicted octanol–water partition coefficient (Wildman–Crippen LogP) is 2.98. The lowest BCUT2D eigenvalue weighted by atomic mass is 10.1. The Bertz CT molecular complexity index is 878. The standard InChI is InChI=1S/C22H21N3O2/c26-21(24-14-12-17-5-2-1-3-6-17)19-8-10-20(11-9-19)22(27)25-16-18-7-4-13-23-15-18/h1-11,13,15H,12,14,16H2,(H,24,26)(H,25,27). The van der Waals surface area contributed by atoms with Gasteiger partial charge in [-0.2, -0.15) is 0 Å². The third kappa shape index (κ3) is 5.51. The molecule has 2 N–H and O–H groups in total. The maximum absolute atomic E-state index is 12.2. The minimum atomic E-state index is -0.185. The molecule has 136 valence electrons. The van der Waals surface area contributed by atoms with Crippen LogP contribution in [0.1, 0.15) is 31.8 Å². The van der Waals surface area contributed by atoms with E-state index in [0.717, 1.165) is 12.0 Å². The molecule has 0 aliphatic heterocycles. The molecule has 0 unspecified atom stereocenters. The molecule has 2 amide bonds. The number of hydrogen-bond donors (Lipinski definition) is 2. The lowest BCUT2D eigenvalue weighted by Crippen LogP contribution is -2.26. The normalized spacial score (nSPS) is 10.2. The number of amides is 2. The van der Waals surface area contributed by atoms with Crippen molar-refractivity contribution in [2.24, 2.45) is 0 Å². The molecule has 1 aromatic heterocycles. The average molecular weight is 359 g/mol. The van der Waals surface area contributed by atoms with E-state index in [4.69, 9.17) is 0 Å². The van der Waals surface area contributed by atoms with Gasteiger partial charge in [0.15, 0.2) is 0 Å². The molecule has 3 aromatic rings. The van der Waals surface area contributed by atoms with Crippen molar-refractivity contribution in [1.29, 1.82) is 0 Å². The van der Waals surface area contributed by atoms with Crippen LogP contribution in [0.3, 0.4) is 0 Å². The van der Waals surface area contributed by atoms with E-state index >= 15 is 0 Å². The number of nitrogens with zero attached hydrogens (tertiary/aromatic N) is 1. The molecule has 27 heavy (non-hydrogen) atoms. The van der Waals surface area contributed by atoms with Gasteiger partial charge >= 0.3 is 0 Å². The molecular weight excluding hydrogens is 338 g/mol. The number of hydrogen-bond acceptors (Lipinski definition) is 3. The zero-order valence-corrected chi connectivity index (χ0v) is 14.9. The van der Waals surface area contributed by atoms with Crippen molar-refractivity contribution in [2.75, 3.05) is 6.54 Å². The molecule has 1 heterocycles. The number of aromatic nitrogens is 1. The predicted molar refractivity (Wildman–Crippen MR) is 104 cm³/mol. The van der Waals surface area contributed by atoms with Crippen LogP contribution in [0.25, 0.3) is 0 Å². The van der Waals surface area contributed by atoms with Crippen molar-refractivity contribution in [3.05, 3.63) is 101 Å². The second-order valence-electron chi connectivity index (χ2n) is 6.11. The largest absolute Gasteiger partial charge is 0.352 e. The first-order chi connectivity index (χ1) is 13.2. The summed E-state index contributed by atoms with van der Waals surface area (Å²) in [6.45, 7) is 0.977. The molecular formula is C22H21N3O2. The highest BCUT2D eigenvalue weighted by Crippen LogP contribution is 2.06. The van der Waals surface area contributed by atoms with Crippen molar-refractivity contribution in [3.63, 3.8) is 0 Å². The molecule has 2 aromatic carbocycles. The Hall–Kier alpha value is -3.47. The molecule has 0 bridgehead atoms. The highest BCUT2D eigenvalue weighted by molar-refractivity contribution is 5.97. The summed E-state index contributed by atoms with van der Waals surface area (Å²) in [6.07, 6.45) is 4.18. The Labute approximate surface area is 158 Å². The number of carbonyl (C=O) groups is 2. The second kappa shape index (κ2) is 9.29. The van der Waals surface area contributed by atoms with Gasteiger partial charge in [0, 0.05) is 36.6 Å². The van der Waals surface area contributed by atoms with E-state index in [1.807, 2.05) is 42.5 Å². The molecule has 0 fully saturated rings. The van der Waals surface area contributed by atoms with E-state index < -0.39 is 0 Å². The van der Waals surface area contributed by atoms with Crippen LogP contribution < -0.4 is 10.6 Å². The lowest BCUT2D eigenvalue weighted by Gasteiger charge is -2.07. The van der Waals surface area contributed by atoms with Gasteiger partial charge in [-0.3, -0.25) is 14.6 Å². The SMILES string of the molecule is O=C(NCCc1ccccc1)c1ccc(C(=O)NCc2cccnc2)cc1. The molecule has 0 atom stereocenters. The first-order valence-corrected chi connectivity index (χ1v) is 8.81.